The van der Waals surface area contributed by atoms with E-state index >= 15 is 0 Å². The van der Waals surface area contributed by atoms with Gasteiger partial charge in [0.2, 0.25) is 21.7 Å². The molecule has 0 spiro atoms. The average molecular weight is 1960 g/mol. The molecule has 12 aliphatic rings. The van der Waals surface area contributed by atoms with Crippen molar-refractivity contribution in [3.63, 3.8) is 0 Å². The minimum Gasteiger partial charge on any atom is -1.00 e. The number of carbonyl (C=O) groups excluding carboxylic acids is 7. The maximum Gasteiger partial charge on any atom is 2.00 e. The zero-order valence-electron chi connectivity index (χ0n) is 69.1. The molecule has 4 aromatic carbocycles. The van der Waals surface area contributed by atoms with Crippen molar-refractivity contribution in [2.24, 2.45) is 5.73 Å². The molecule has 44 heteroatoms. The molecule has 8 bridgehead atoms. The molecule has 8 N–H and O–H groups in total. The van der Waals surface area contributed by atoms with Gasteiger partial charge < -0.3 is 137 Å². The maximum absolute atomic E-state index is 13.4. The number of hydrogen-bond donors (Lipinski definition) is 7. The number of ether oxygens (including phenoxy) is 6. The molecule has 130 heavy (non-hydrogen) atoms. The van der Waals surface area contributed by atoms with Crippen LogP contribution in [0.2, 0.25) is 0 Å². The van der Waals surface area contributed by atoms with E-state index in [1.165, 1.54) is 69.4 Å². The van der Waals surface area contributed by atoms with Crippen molar-refractivity contribution in [3.05, 3.63) is 252 Å². The average Bonchev–Trinajstić information content (AvgIpc) is 1.55. The Morgan fingerprint density at radius 2 is 0.615 bits per heavy atom. The fourth-order valence-electron chi connectivity index (χ4n) is 18.9. The van der Waals surface area contributed by atoms with Crippen LogP contribution in [0.1, 0.15) is 183 Å². The van der Waals surface area contributed by atoms with E-state index in [-0.39, 0.29) is 231 Å². The van der Waals surface area contributed by atoms with Gasteiger partial charge in [0.25, 0.3) is 41.4 Å². The van der Waals surface area contributed by atoms with Gasteiger partial charge >= 0.3 is 29.0 Å². The van der Waals surface area contributed by atoms with Crippen LogP contribution in [0.5, 0.6) is 23.0 Å². The summed E-state index contributed by atoms with van der Waals surface area (Å²) in [5.74, 6) is -13.3. The predicted octanol–water partition coefficient (Wildman–Crippen LogP) is 0.128. The van der Waals surface area contributed by atoms with Gasteiger partial charge in [0.1, 0.15) is 68.8 Å². The van der Waals surface area contributed by atoms with Crippen molar-refractivity contribution in [1.82, 2.24) is 53.8 Å². The van der Waals surface area contributed by atoms with E-state index in [1.807, 2.05) is 0 Å². The molecule has 0 unspecified atom stereocenters. The molecule has 4 aliphatic carbocycles. The summed E-state index contributed by atoms with van der Waals surface area (Å²) < 4.78 is 145. The topological polar surface area (TPSA) is 416 Å². The van der Waals surface area contributed by atoms with E-state index < -0.39 is 146 Å². The molecular weight excluding hydrogens is 1870 g/mol. The predicted molar refractivity (Wildman–Crippen MR) is 429 cm³/mol. The molecule has 7 amide bonds. The Morgan fingerprint density at radius 3 is 0.877 bits per heavy atom. The number of fused-ring (bicyclic) bond motifs is 20. The zero-order valence-corrected chi connectivity index (χ0v) is 73.7. The van der Waals surface area contributed by atoms with Gasteiger partial charge in [-0.1, -0.05) is 0 Å². The first-order valence-electron chi connectivity index (χ1n) is 40.8. The summed E-state index contributed by atoms with van der Waals surface area (Å²) in [4.78, 5) is 158. The summed E-state index contributed by atoms with van der Waals surface area (Å²) in [6, 6.07) is 12.0. The molecule has 8 aliphatic heterocycles. The van der Waals surface area contributed by atoms with Crippen molar-refractivity contribution in [2.75, 3.05) is 14.2 Å². The number of amides is 7. The van der Waals surface area contributed by atoms with E-state index in [9.17, 15) is 108 Å². The number of methoxy groups -OCH3 is 2. The van der Waals surface area contributed by atoms with Crippen molar-refractivity contribution >= 4 is 70.4 Å². The van der Waals surface area contributed by atoms with Crippen LogP contribution in [0.15, 0.2) is 117 Å². The second-order valence-corrected chi connectivity index (χ2v) is 32.5. The molecule has 684 valence electrons. The normalized spacial score (nSPS) is 23.0. The van der Waals surface area contributed by atoms with Gasteiger partial charge in [0.05, 0.1) is 64.8 Å². The number of hydrogen-bond acceptors (Lipinski definition) is 21. The molecule has 33 nitrogen and oxygen atoms in total. The Hall–Kier alpha value is -11.4. The van der Waals surface area contributed by atoms with Gasteiger partial charge in [-0.25, -0.2) is 39.9 Å². The number of carboxylic acids is 1. The van der Waals surface area contributed by atoms with Gasteiger partial charge in [0, 0.05) is 99.4 Å². The SMILES string of the molecule is COc1c2n(cc(C(=O)NCc3cc(F)cc(F)c3)c1=O)C[C@@H]1O[C@H]3CC[C@H](C3)N1C2=O.COc1c2n(cc(C(=O)O)c1=O)C[C@@H]1O[C@H]3CC[C@H](C3)N1C2=O.NCc1cc(F)cc(F)c1.O=C(NCc1cc(F)cc(F)c1)c1cn2c(c(O)c1=O)C(=O)N1[C@@H]3CC[C@@H](C3)O[C@H]1C2.O=C(NCc1cc(F)cc(F)c1)c1cn2c(c(O)c1=O)C(=O)N1[C@@H]3CC[C@@H](C3)O[C@H]1C2.[Br-].[Br-].[Mg+2]. The van der Waals surface area contributed by atoms with E-state index in [2.05, 4.69) is 16.0 Å². The zero-order chi connectivity index (χ0) is 90.2. The molecular formula is C86H82Br2F8MgN12O21. The van der Waals surface area contributed by atoms with Gasteiger partial charge in [-0.3, -0.25) is 52.7 Å². The second-order valence-electron chi connectivity index (χ2n) is 32.5. The van der Waals surface area contributed by atoms with Crippen LogP contribution in [0, 0.1) is 46.5 Å². The van der Waals surface area contributed by atoms with E-state index in [4.69, 9.17) is 34.2 Å². The van der Waals surface area contributed by atoms with Crippen LogP contribution < -0.4 is 86.8 Å². The number of nitrogens with two attached hydrogens (primary N) is 1. The van der Waals surface area contributed by atoms with Crippen molar-refractivity contribution < 1.29 is 151 Å². The van der Waals surface area contributed by atoms with E-state index in [1.54, 1.807) is 19.6 Å². The molecule has 8 fully saturated rings. The smallest absolute Gasteiger partial charge is 1.00 e. The molecule has 20 rings (SSSR count). The number of nitrogens with one attached hydrogen (secondary N) is 3. The van der Waals surface area contributed by atoms with Crippen LogP contribution in [-0.2, 0) is 71.3 Å². The molecule has 8 aromatic rings. The number of carbonyl (C=O) groups is 8. The number of nitrogens with zero attached hydrogens (tertiary/aromatic N) is 8. The molecule has 0 radical (unpaired) electrons. The Kier molecular flexibility index (Phi) is 29.1. The first-order chi connectivity index (χ1) is 60.7. The Morgan fingerprint density at radius 1 is 0.377 bits per heavy atom. The summed E-state index contributed by atoms with van der Waals surface area (Å²) in [5.41, 5.74) is 1.16. The second kappa shape index (κ2) is 39.3. The van der Waals surface area contributed by atoms with E-state index in [0.29, 0.717) is 24.2 Å². The first-order valence-corrected chi connectivity index (χ1v) is 40.8. The van der Waals surface area contributed by atoms with Gasteiger partial charge in [-0.05, 0) is 148 Å². The standard InChI is InChI=1S/C22H21F2N3O5.2C21H19F2N3O5.C15H16N2O6.C7H7F2N.2BrH.Mg/c1-31-20-18-22(30)27-14-2-3-15(7-14)32-17(27)10-26(18)9-16(19(20)28)21(29)25-8-11-4-12(23)6-13(24)5-11;2*22-11-3-10(4-12(23)5-11)7-24-20(29)15-8-25-9-16-26(13-1-2-14(6-13)31-16)21(30)17(25)19(28)18(15)27;1-22-13-11-14(19)17-7-2-3-8(4-7)23-10(17)6-16(11)5-9(12(13)18)15(20)21;8-6-1-5(4-10)2-7(9)3-6;;;/h4-6,9,14-15,17H,2-3,7-8,10H2,1H3,(H,25,29);2*3-5,8,13-14,16,28H,1-2,6-7,9H2,(H,24,29);5,7-8,10H,2-4,6H2,1H3,(H,20,21);1-3H,4,10H2;2*1H;/q;;;;;;;+2/p-2/t14-,15+,17+;2*13-,14+,16+;7-,8+,10+;;;;/m1111..../s1. The fraction of sp³-hybridized carbons (Fsp3) is 0.395. The number of rotatable bonds is 13. The van der Waals surface area contributed by atoms with Gasteiger partial charge in [0.15, 0.2) is 70.7 Å². The number of carboxylic acid groups (broad SMARTS) is 1. The number of pyridine rings is 4. The number of aromatic hydroxyl groups is 2. The monoisotopic (exact) mass is 1950 g/mol. The Labute approximate surface area is 768 Å². The molecule has 12 atom stereocenters. The molecule has 4 aromatic heterocycles. The number of aromatic nitrogens is 4. The Bertz CT molecular complexity index is 5890. The van der Waals surface area contributed by atoms with Crippen molar-refractivity contribution in [3.8, 4) is 23.0 Å². The summed E-state index contributed by atoms with van der Waals surface area (Å²) in [6.07, 6.45) is 13.3. The molecule has 12 heterocycles. The van der Waals surface area contributed by atoms with Crippen molar-refractivity contribution in [1.29, 1.82) is 0 Å². The Balaban J connectivity index is 0.000000142. The third-order valence-corrected chi connectivity index (χ3v) is 24.4. The van der Waals surface area contributed by atoms with Crippen LogP contribution in [-0.4, -0.2) is 211 Å². The van der Waals surface area contributed by atoms with Crippen LogP contribution in [0.4, 0.5) is 35.1 Å². The first kappa shape index (κ1) is 96.2. The number of benzene rings is 4. The quantitative estimate of drug-likeness (QED) is 0.0596. The summed E-state index contributed by atoms with van der Waals surface area (Å²) in [7, 11) is 2.54. The minimum atomic E-state index is -1.34. The molecule has 4 saturated heterocycles. The van der Waals surface area contributed by atoms with Crippen molar-refractivity contribution in [2.45, 2.75) is 203 Å². The van der Waals surface area contributed by atoms with Gasteiger partial charge in [-0.2, -0.15) is 0 Å². The van der Waals surface area contributed by atoms with Crippen LogP contribution >= 0.6 is 0 Å². The third kappa shape index (κ3) is 19.1. The van der Waals surface area contributed by atoms with E-state index in [0.717, 1.165) is 126 Å². The molecule has 4 saturated carbocycles. The summed E-state index contributed by atoms with van der Waals surface area (Å²) >= 11 is 0. The maximum atomic E-state index is 13.4. The fourth-order valence-corrected chi connectivity index (χ4v) is 18.9. The third-order valence-electron chi connectivity index (χ3n) is 24.4. The summed E-state index contributed by atoms with van der Waals surface area (Å²) in [6.45, 7) is 0.446. The number of aromatic carboxylic acids is 1. The van der Waals surface area contributed by atoms with Crippen LogP contribution in [0.3, 0.4) is 0 Å². The minimum absolute atomic E-state index is 0. The number of halogens is 10. The van der Waals surface area contributed by atoms with Crippen LogP contribution in [0.25, 0.3) is 0 Å². The summed E-state index contributed by atoms with van der Waals surface area (Å²) in [5, 5.41) is 37.4. The van der Waals surface area contributed by atoms with Gasteiger partial charge in [-0.15, -0.1) is 0 Å². The largest absolute Gasteiger partial charge is 2.00 e.